The van der Waals surface area contributed by atoms with Crippen LogP contribution in [-0.4, -0.2) is 17.4 Å². The van der Waals surface area contributed by atoms with Crippen LogP contribution in [0.25, 0.3) is 0 Å². The highest BCUT2D eigenvalue weighted by molar-refractivity contribution is 5.94. The molecule has 0 atom stereocenters. The first-order valence-electron chi connectivity index (χ1n) is 7.08. The van der Waals surface area contributed by atoms with E-state index in [4.69, 9.17) is 5.26 Å². The fraction of sp³-hybridized carbons (Fsp3) is 0.222. The highest BCUT2D eigenvalue weighted by Gasteiger charge is 2.14. The molecule has 0 aliphatic carbocycles. The van der Waals surface area contributed by atoms with Crippen LogP contribution in [0.4, 0.5) is 0 Å². The molecular formula is C18H18N2O. The van der Waals surface area contributed by atoms with E-state index in [-0.39, 0.29) is 5.91 Å². The van der Waals surface area contributed by atoms with Crippen LogP contribution in [0.5, 0.6) is 0 Å². The van der Waals surface area contributed by atoms with Crippen molar-refractivity contribution in [3.63, 3.8) is 0 Å². The van der Waals surface area contributed by atoms with E-state index in [1.807, 2.05) is 47.4 Å². The topological polar surface area (TPSA) is 44.1 Å². The molecule has 2 aromatic carbocycles. The Balaban J connectivity index is 2.15. The van der Waals surface area contributed by atoms with E-state index >= 15 is 0 Å². The van der Waals surface area contributed by atoms with E-state index in [1.54, 1.807) is 12.1 Å². The fourth-order valence-electron chi connectivity index (χ4n) is 2.19. The lowest BCUT2D eigenvalue weighted by molar-refractivity contribution is 0.0743. The van der Waals surface area contributed by atoms with Crippen molar-refractivity contribution >= 4 is 5.91 Å². The van der Waals surface area contributed by atoms with Gasteiger partial charge in [-0.15, -0.1) is 0 Å². The van der Waals surface area contributed by atoms with Crippen LogP contribution in [0.1, 0.15) is 34.8 Å². The van der Waals surface area contributed by atoms with Gasteiger partial charge in [-0.05, 0) is 36.2 Å². The third kappa shape index (κ3) is 3.93. The van der Waals surface area contributed by atoms with Crippen molar-refractivity contribution in [1.82, 2.24) is 4.90 Å². The number of rotatable bonds is 5. The van der Waals surface area contributed by atoms with Crippen molar-refractivity contribution in [2.45, 2.75) is 19.9 Å². The van der Waals surface area contributed by atoms with Gasteiger partial charge < -0.3 is 4.90 Å². The summed E-state index contributed by atoms with van der Waals surface area (Å²) in [6.07, 6.45) is 0.912. The van der Waals surface area contributed by atoms with Crippen molar-refractivity contribution in [2.75, 3.05) is 6.54 Å². The average Bonchev–Trinajstić information content (AvgIpc) is 2.55. The molecule has 106 valence electrons. The normalized spacial score (nSPS) is 9.90. The largest absolute Gasteiger partial charge is 0.334 e. The first-order chi connectivity index (χ1) is 10.2. The molecule has 0 bridgehead atoms. The van der Waals surface area contributed by atoms with E-state index in [0.29, 0.717) is 24.2 Å². The lowest BCUT2D eigenvalue weighted by atomic mass is 10.1. The van der Waals surface area contributed by atoms with Crippen molar-refractivity contribution in [3.8, 4) is 6.07 Å². The molecule has 0 N–H and O–H groups in total. The van der Waals surface area contributed by atoms with Gasteiger partial charge in [-0.1, -0.05) is 37.3 Å². The minimum atomic E-state index is 0.0433. The second-order valence-electron chi connectivity index (χ2n) is 4.90. The average molecular weight is 278 g/mol. The van der Waals surface area contributed by atoms with Crippen LogP contribution < -0.4 is 0 Å². The van der Waals surface area contributed by atoms with Crippen molar-refractivity contribution in [3.05, 3.63) is 71.3 Å². The highest BCUT2D eigenvalue weighted by atomic mass is 16.2. The third-order valence-corrected chi connectivity index (χ3v) is 3.26. The van der Waals surface area contributed by atoms with Crippen LogP contribution in [0.15, 0.2) is 54.6 Å². The number of carbonyl (C=O) groups excluding carboxylic acids is 1. The number of hydrogen-bond acceptors (Lipinski definition) is 2. The highest BCUT2D eigenvalue weighted by Crippen LogP contribution is 2.11. The Bertz CT molecular complexity index is 627. The van der Waals surface area contributed by atoms with E-state index < -0.39 is 0 Å². The predicted octanol–water partition coefficient (Wildman–Crippen LogP) is 3.61. The van der Waals surface area contributed by atoms with Crippen LogP contribution in [-0.2, 0) is 6.54 Å². The molecule has 3 nitrogen and oxygen atoms in total. The molecule has 0 heterocycles. The summed E-state index contributed by atoms with van der Waals surface area (Å²) in [5, 5.41) is 8.82. The summed E-state index contributed by atoms with van der Waals surface area (Å²) in [5.41, 5.74) is 2.38. The van der Waals surface area contributed by atoms with Crippen LogP contribution >= 0.6 is 0 Å². The van der Waals surface area contributed by atoms with Gasteiger partial charge in [-0.2, -0.15) is 5.26 Å². The summed E-state index contributed by atoms with van der Waals surface area (Å²) in [4.78, 5) is 14.4. The first kappa shape index (κ1) is 14.8. The van der Waals surface area contributed by atoms with E-state index in [1.165, 1.54) is 0 Å². The Morgan fingerprint density at radius 3 is 2.33 bits per heavy atom. The Morgan fingerprint density at radius 1 is 1.10 bits per heavy atom. The van der Waals surface area contributed by atoms with Gasteiger partial charge in [0, 0.05) is 18.7 Å². The van der Waals surface area contributed by atoms with Crippen LogP contribution in [0.2, 0.25) is 0 Å². The summed E-state index contributed by atoms with van der Waals surface area (Å²) >= 11 is 0. The Labute approximate surface area is 125 Å². The molecule has 0 aliphatic heterocycles. The van der Waals surface area contributed by atoms with Gasteiger partial charge in [0.05, 0.1) is 11.6 Å². The van der Waals surface area contributed by atoms with Crippen molar-refractivity contribution in [2.24, 2.45) is 0 Å². The summed E-state index contributed by atoms with van der Waals surface area (Å²) in [6.45, 7) is 3.34. The summed E-state index contributed by atoms with van der Waals surface area (Å²) in [6, 6.07) is 18.8. The lowest BCUT2D eigenvalue weighted by Gasteiger charge is -2.22. The summed E-state index contributed by atoms with van der Waals surface area (Å²) < 4.78 is 0. The Hall–Kier alpha value is -2.60. The maximum atomic E-state index is 12.5. The molecule has 1 amide bonds. The summed E-state index contributed by atoms with van der Waals surface area (Å²) in [5.74, 6) is 0.0433. The van der Waals surface area contributed by atoms with Gasteiger partial charge in [0.25, 0.3) is 5.91 Å². The second-order valence-corrected chi connectivity index (χ2v) is 4.90. The van der Waals surface area contributed by atoms with E-state index in [9.17, 15) is 4.79 Å². The smallest absolute Gasteiger partial charge is 0.254 e. The molecule has 21 heavy (non-hydrogen) atoms. The Kier molecular flexibility index (Phi) is 5.11. The number of carbonyl (C=O) groups is 1. The molecule has 0 fully saturated rings. The molecule has 0 saturated carbocycles. The van der Waals surface area contributed by atoms with E-state index in [0.717, 1.165) is 12.0 Å². The monoisotopic (exact) mass is 278 g/mol. The second kappa shape index (κ2) is 7.25. The molecule has 2 aromatic rings. The zero-order valence-corrected chi connectivity index (χ0v) is 12.1. The third-order valence-electron chi connectivity index (χ3n) is 3.26. The number of nitriles is 1. The molecule has 0 saturated heterocycles. The standard InChI is InChI=1S/C18H18N2O/c1-2-12-20(18(21)17-6-4-3-5-7-17)14-16-10-8-15(13-19)9-11-16/h3-11H,2,12,14H2,1H3. The van der Waals surface area contributed by atoms with Crippen LogP contribution in [0.3, 0.4) is 0 Å². The van der Waals surface area contributed by atoms with Gasteiger partial charge in [-0.3, -0.25) is 4.79 Å². The quantitative estimate of drug-likeness (QED) is 0.838. The molecule has 0 aliphatic rings. The predicted molar refractivity (Wildman–Crippen MR) is 82.6 cm³/mol. The molecular weight excluding hydrogens is 260 g/mol. The van der Waals surface area contributed by atoms with Gasteiger partial charge in [0.15, 0.2) is 0 Å². The zero-order valence-electron chi connectivity index (χ0n) is 12.1. The number of amides is 1. The minimum absolute atomic E-state index is 0.0433. The fourth-order valence-corrected chi connectivity index (χ4v) is 2.19. The van der Waals surface area contributed by atoms with Gasteiger partial charge in [0.1, 0.15) is 0 Å². The molecule has 0 aromatic heterocycles. The lowest BCUT2D eigenvalue weighted by Crippen LogP contribution is -2.31. The maximum Gasteiger partial charge on any atom is 0.254 e. The Morgan fingerprint density at radius 2 is 1.76 bits per heavy atom. The molecule has 2 rings (SSSR count). The molecule has 3 heteroatoms. The zero-order chi connectivity index (χ0) is 15.1. The SMILES string of the molecule is CCCN(Cc1ccc(C#N)cc1)C(=O)c1ccccc1. The number of benzene rings is 2. The molecule has 0 unspecified atom stereocenters. The number of hydrogen-bond donors (Lipinski definition) is 0. The molecule has 0 radical (unpaired) electrons. The van der Waals surface area contributed by atoms with E-state index in [2.05, 4.69) is 13.0 Å². The van der Waals surface area contributed by atoms with Gasteiger partial charge in [-0.25, -0.2) is 0 Å². The first-order valence-corrected chi connectivity index (χ1v) is 7.08. The maximum absolute atomic E-state index is 12.5. The van der Waals surface area contributed by atoms with Crippen LogP contribution in [0, 0.1) is 11.3 Å². The van der Waals surface area contributed by atoms with Gasteiger partial charge >= 0.3 is 0 Å². The van der Waals surface area contributed by atoms with Crippen molar-refractivity contribution < 1.29 is 4.79 Å². The minimum Gasteiger partial charge on any atom is -0.334 e. The molecule has 0 spiro atoms. The van der Waals surface area contributed by atoms with Crippen molar-refractivity contribution in [1.29, 1.82) is 5.26 Å². The van der Waals surface area contributed by atoms with Gasteiger partial charge in [0.2, 0.25) is 0 Å². The number of nitrogens with zero attached hydrogens (tertiary/aromatic N) is 2. The summed E-state index contributed by atoms with van der Waals surface area (Å²) in [7, 11) is 0.